The van der Waals surface area contributed by atoms with Crippen LogP contribution in [-0.4, -0.2) is 48.9 Å². The minimum Gasteiger partial charge on any atom is -0.350 e. The lowest BCUT2D eigenvalue weighted by molar-refractivity contribution is -0.145. The molecule has 5 heteroatoms. The van der Waals surface area contributed by atoms with Gasteiger partial charge in [0.1, 0.15) is 0 Å². The van der Waals surface area contributed by atoms with Crippen LogP contribution in [0.1, 0.15) is 53.4 Å². The van der Waals surface area contributed by atoms with Gasteiger partial charge < -0.3 is 15.5 Å². The van der Waals surface area contributed by atoms with Crippen molar-refractivity contribution in [2.45, 2.75) is 58.9 Å². The van der Waals surface area contributed by atoms with E-state index in [0.717, 1.165) is 38.8 Å². The Balaban J connectivity index is 2.68. The summed E-state index contributed by atoms with van der Waals surface area (Å²) in [7, 11) is 1.73. The Morgan fingerprint density at radius 2 is 2.00 bits per heavy atom. The monoisotopic (exact) mass is 297 g/mol. The molecule has 2 amide bonds. The third-order valence-corrected chi connectivity index (χ3v) is 3.90. The number of nitrogens with one attached hydrogen (secondary N) is 2. The summed E-state index contributed by atoms with van der Waals surface area (Å²) in [6, 6.07) is 0. The molecule has 0 saturated carbocycles. The van der Waals surface area contributed by atoms with Crippen molar-refractivity contribution in [2.24, 2.45) is 5.41 Å². The summed E-state index contributed by atoms with van der Waals surface area (Å²) in [5, 5.41) is 6.24. The molecule has 1 saturated heterocycles. The summed E-state index contributed by atoms with van der Waals surface area (Å²) in [6.45, 7) is 9.76. The highest BCUT2D eigenvalue weighted by Gasteiger charge is 2.40. The lowest BCUT2D eigenvalue weighted by Gasteiger charge is -2.39. The second-order valence-corrected chi connectivity index (χ2v) is 7.27. The van der Waals surface area contributed by atoms with Crippen LogP contribution in [0.15, 0.2) is 0 Å². The third-order valence-electron chi connectivity index (χ3n) is 3.90. The maximum atomic E-state index is 12.8. The second-order valence-electron chi connectivity index (χ2n) is 7.27. The zero-order chi connectivity index (χ0) is 16.1. The van der Waals surface area contributed by atoms with Crippen molar-refractivity contribution in [3.05, 3.63) is 0 Å². The van der Waals surface area contributed by atoms with Crippen LogP contribution in [0.3, 0.4) is 0 Å². The van der Waals surface area contributed by atoms with Crippen LogP contribution in [0.5, 0.6) is 0 Å². The Kier molecular flexibility index (Phi) is 6.20. The van der Waals surface area contributed by atoms with Crippen LogP contribution in [0.25, 0.3) is 0 Å². The highest BCUT2D eigenvalue weighted by atomic mass is 16.2. The highest BCUT2D eigenvalue weighted by molar-refractivity contribution is 5.88. The molecular weight excluding hydrogens is 266 g/mol. The van der Waals surface area contributed by atoms with E-state index in [2.05, 4.69) is 17.6 Å². The first-order chi connectivity index (χ1) is 9.70. The lowest BCUT2D eigenvalue weighted by atomic mass is 9.76. The Labute approximate surface area is 128 Å². The Morgan fingerprint density at radius 1 is 1.33 bits per heavy atom. The van der Waals surface area contributed by atoms with Crippen LogP contribution in [0.2, 0.25) is 0 Å². The first-order valence-electron chi connectivity index (χ1n) is 7.97. The molecular formula is C16H31N3O2. The van der Waals surface area contributed by atoms with Crippen molar-refractivity contribution < 1.29 is 9.59 Å². The fourth-order valence-electron chi connectivity index (χ4n) is 3.10. The smallest absolute Gasteiger partial charge is 0.240 e. The molecule has 1 unspecified atom stereocenters. The maximum Gasteiger partial charge on any atom is 0.240 e. The third kappa shape index (κ3) is 5.30. The number of rotatable bonds is 5. The van der Waals surface area contributed by atoms with Crippen LogP contribution in [-0.2, 0) is 9.59 Å². The topological polar surface area (TPSA) is 61.4 Å². The Bertz CT molecular complexity index is 363. The Hall–Kier alpha value is -1.10. The average Bonchev–Trinajstić information content (AvgIpc) is 2.36. The number of nitrogens with zero attached hydrogens (tertiary/aromatic N) is 1. The van der Waals surface area contributed by atoms with Gasteiger partial charge in [-0.2, -0.15) is 0 Å². The molecule has 0 aromatic carbocycles. The molecule has 1 heterocycles. The van der Waals surface area contributed by atoms with Crippen molar-refractivity contribution in [1.29, 1.82) is 0 Å². The van der Waals surface area contributed by atoms with Gasteiger partial charge in [-0.3, -0.25) is 9.59 Å². The van der Waals surface area contributed by atoms with E-state index in [1.165, 1.54) is 0 Å². The molecule has 0 radical (unpaired) electrons. The Morgan fingerprint density at radius 3 is 2.48 bits per heavy atom. The van der Waals surface area contributed by atoms with Gasteiger partial charge in [-0.1, -0.05) is 13.3 Å². The summed E-state index contributed by atoms with van der Waals surface area (Å²) < 4.78 is 0. The molecule has 21 heavy (non-hydrogen) atoms. The minimum atomic E-state index is -0.330. The molecule has 0 spiro atoms. The van der Waals surface area contributed by atoms with Crippen molar-refractivity contribution in [3.63, 3.8) is 0 Å². The van der Waals surface area contributed by atoms with E-state index in [4.69, 9.17) is 0 Å². The van der Waals surface area contributed by atoms with Gasteiger partial charge in [0.05, 0.1) is 12.0 Å². The van der Waals surface area contributed by atoms with Crippen molar-refractivity contribution in [1.82, 2.24) is 15.5 Å². The molecule has 1 aliphatic rings. The number of carbonyl (C=O) groups is 2. The molecule has 1 aliphatic heterocycles. The quantitative estimate of drug-likeness (QED) is 0.809. The van der Waals surface area contributed by atoms with Gasteiger partial charge in [0.15, 0.2) is 0 Å². The van der Waals surface area contributed by atoms with Crippen LogP contribution in [0, 0.1) is 5.41 Å². The largest absolute Gasteiger partial charge is 0.350 e. The van der Waals surface area contributed by atoms with E-state index in [1.54, 1.807) is 11.9 Å². The van der Waals surface area contributed by atoms with Crippen LogP contribution < -0.4 is 10.6 Å². The van der Waals surface area contributed by atoms with Crippen molar-refractivity contribution >= 4 is 11.8 Å². The van der Waals surface area contributed by atoms with Gasteiger partial charge in [-0.25, -0.2) is 0 Å². The van der Waals surface area contributed by atoms with Gasteiger partial charge in [0.25, 0.3) is 0 Å². The predicted octanol–water partition coefficient (Wildman–Crippen LogP) is 1.53. The number of carbonyl (C=O) groups excluding carboxylic acids is 2. The molecule has 1 fully saturated rings. The highest BCUT2D eigenvalue weighted by Crippen LogP contribution is 2.33. The molecule has 0 bridgehead atoms. The van der Waals surface area contributed by atoms with E-state index in [-0.39, 0.29) is 29.3 Å². The minimum absolute atomic E-state index is 0.0978. The van der Waals surface area contributed by atoms with Gasteiger partial charge in [-0.15, -0.1) is 0 Å². The number of hydrogen-bond donors (Lipinski definition) is 2. The molecule has 0 aromatic rings. The van der Waals surface area contributed by atoms with Gasteiger partial charge in [0, 0.05) is 19.1 Å². The summed E-state index contributed by atoms with van der Waals surface area (Å²) >= 11 is 0. The van der Waals surface area contributed by atoms with E-state index >= 15 is 0 Å². The standard InChI is InChI=1S/C16H31N3O2/c1-6-8-16(9-7-10-17-12-16)14(21)19(5)11-13(20)18-15(2,3)4/h17H,6-12H2,1-5H3,(H,18,20). The first-order valence-corrected chi connectivity index (χ1v) is 7.97. The van der Waals surface area contributed by atoms with E-state index in [0.29, 0.717) is 0 Å². The van der Waals surface area contributed by atoms with E-state index < -0.39 is 0 Å². The maximum absolute atomic E-state index is 12.8. The summed E-state index contributed by atoms with van der Waals surface area (Å²) in [4.78, 5) is 26.4. The van der Waals surface area contributed by atoms with Gasteiger partial charge in [0.2, 0.25) is 11.8 Å². The summed E-state index contributed by atoms with van der Waals surface area (Å²) in [5.74, 6) is -0.00521. The molecule has 1 atom stereocenters. The zero-order valence-electron chi connectivity index (χ0n) is 14.2. The predicted molar refractivity (Wildman–Crippen MR) is 85.0 cm³/mol. The van der Waals surface area contributed by atoms with Gasteiger partial charge >= 0.3 is 0 Å². The van der Waals surface area contributed by atoms with Crippen LogP contribution in [0.4, 0.5) is 0 Å². The molecule has 0 aromatic heterocycles. The zero-order valence-corrected chi connectivity index (χ0v) is 14.2. The summed E-state index contributed by atoms with van der Waals surface area (Å²) in [6.07, 6.45) is 3.80. The lowest BCUT2D eigenvalue weighted by Crippen LogP contribution is -2.53. The summed E-state index contributed by atoms with van der Waals surface area (Å²) in [5.41, 5.74) is -0.599. The normalized spacial score (nSPS) is 22.7. The number of likely N-dealkylation sites (N-methyl/N-ethyl adjacent to an activating group) is 1. The number of piperidine rings is 1. The first kappa shape index (κ1) is 18.0. The number of amides is 2. The van der Waals surface area contributed by atoms with Crippen molar-refractivity contribution in [2.75, 3.05) is 26.7 Å². The molecule has 122 valence electrons. The average molecular weight is 297 g/mol. The fourth-order valence-corrected chi connectivity index (χ4v) is 3.10. The fraction of sp³-hybridized carbons (Fsp3) is 0.875. The second kappa shape index (κ2) is 7.25. The number of hydrogen-bond acceptors (Lipinski definition) is 3. The molecule has 0 aliphatic carbocycles. The van der Waals surface area contributed by atoms with Crippen LogP contribution >= 0.6 is 0 Å². The molecule has 5 nitrogen and oxygen atoms in total. The van der Waals surface area contributed by atoms with E-state index in [9.17, 15) is 9.59 Å². The van der Waals surface area contributed by atoms with Crippen molar-refractivity contribution in [3.8, 4) is 0 Å². The molecule has 2 N–H and O–H groups in total. The molecule has 1 rings (SSSR count). The van der Waals surface area contributed by atoms with E-state index in [1.807, 2.05) is 20.8 Å². The SMILES string of the molecule is CCCC1(C(=O)N(C)CC(=O)NC(C)(C)C)CCCNC1. The van der Waals surface area contributed by atoms with Gasteiger partial charge in [-0.05, 0) is 46.6 Å².